The lowest BCUT2D eigenvalue weighted by molar-refractivity contribution is -0.138. The van der Waals surface area contributed by atoms with Crippen molar-refractivity contribution in [3.8, 4) is 0 Å². The second-order valence-electron chi connectivity index (χ2n) is 9.11. The van der Waals surface area contributed by atoms with Gasteiger partial charge in [-0.15, -0.1) is 0 Å². The molecule has 2 heterocycles. The average Bonchev–Trinajstić information content (AvgIpc) is 3.21. The molecule has 0 spiro atoms. The molecule has 2 saturated heterocycles. The van der Waals surface area contributed by atoms with E-state index < -0.39 is 0 Å². The fraction of sp³-hybridized carbons (Fsp3) is 0.423. The van der Waals surface area contributed by atoms with Gasteiger partial charge in [0.25, 0.3) is 0 Å². The molecule has 2 aliphatic heterocycles. The Hall–Kier alpha value is -3.15. The van der Waals surface area contributed by atoms with E-state index in [2.05, 4.69) is 19.2 Å². The topological polar surface area (TPSA) is 69.7 Å². The van der Waals surface area contributed by atoms with E-state index in [1.54, 1.807) is 4.90 Å². The Balaban J connectivity index is 1.28. The van der Waals surface area contributed by atoms with Gasteiger partial charge in [0.15, 0.2) is 0 Å². The van der Waals surface area contributed by atoms with Gasteiger partial charge in [-0.3, -0.25) is 14.4 Å². The molecule has 3 amide bonds. The standard InChI is InChI=1S/C26H31N3O3/c1-18(2)19-8-10-22(11-9-19)27-25(31)20-12-14-28(15-13-20)26(32)21-16-24(30)29(17-21)23-6-4-3-5-7-23/h3-11,18,20-21H,12-17H2,1-2H3,(H,27,31). The van der Waals surface area contributed by atoms with Crippen molar-refractivity contribution in [1.82, 2.24) is 4.90 Å². The molecule has 2 aliphatic rings. The first-order valence-electron chi connectivity index (χ1n) is 11.5. The number of likely N-dealkylation sites (tertiary alicyclic amines) is 1. The fourth-order valence-corrected chi connectivity index (χ4v) is 4.55. The molecule has 6 heteroatoms. The largest absolute Gasteiger partial charge is 0.342 e. The maximum absolute atomic E-state index is 13.0. The lowest BCUT2D eigenvalue weighted by atomic mass is 9.94. The van der Waals surface area contributed by atoms with E-state index in [0.717, 1.165) is 11.4 Å². The Morgan fingerprint density at radius 2 is 1.59 bits per heavy atom. The van der Waals surface area contributed by atoms with Crippen LogP contribution in [0.25, 0.3) is 0 Å². The Bertz CT molecular complexity index is 964. The second kappa shape index (κ2) is 9.55. The van der Waals surface area contributed by atoms with Crippen molar-refractivity contribution < 1.29 is 14.4 Å². The first kappa shape index (κ1) is 22.1. The van der Waals surface area contributed by atoms with E-state index in [1.165, 1.54) is 5.56 Å². The molecule has 1 atom stereocenters. The first-order valence-corrected chi connectivity index (χ1v) is 11.5. The molecule has 1 unspecified atom stereocenters. The number of anilines is 2. The number of nitrogens with one attached hydrogen (secondary N) is 1. The van der Waals surface area contributed by atoms with Crippen LogP contribution in [0.5, 0.6) is 0 Å². The average molecular weight is 434 g/mol. The fourth-order valence-electron chi connectivity index (χ4n) is 4.55. The zero-order valence-electron chi connectivity index (χ0n) is 18.8. The number of amides is 3. The Morgan fingerprint density at radius 1 is 0.938 bits per heavy atom. The van der Waals surface area contributed by atoms with Crippen molar-refractivity contribution >= 4 is 29.1 Å². The summed E-state index contributed by atoms with van der Waals surface area (Å²) in [6, 6.07) is 17.5. The minimum atomic E-state index is -0.312. The highest BCUT2D eigenvalue weighted by Crippen LogP contribution is 2.28. The summed E-state index contributed by atoms with van der Waals surface area (Å²) < 4.78 is 0. The molecular weight excluding hydrogens is 402 g/mol. The third-order valence-corrected chi connectivity index (χ3v) is 6.56. The van der Waals surface area contributed by atoms with Gasteiger partial charge in [0.1, 0.15) is 0 Å². The molecule has 32 heavy (non-hydrogen) atoms. The van der Waals surface area contributed by atoms with Crippen molar-refractivity contribution in [3.63, 3.8) is 0 Å². The normalized spacial score (nSPS) is 19.5. The number of hydrogen-bond acceptors (Lipinski definition) is 3. The quantitative estimate of drug-likeness (QED) is 0.774. The van der Waals surface area contributed by atoms with Gasteiger partial charge in [0.05, 0.1) is 5.92 Å². The molecule has 2 aromatic carbocycles. The Labute approximate surface area is 189 Å². The minimum Gasteiger partial charge on any atom is -0.342 e. The van der Waals surface area contributed by atoms with Crippen LogP contribution >= 0.6 is 0 Å². The van der Waals surface area contributed by atoms with Crippen molar-refractivity contribution in [2.24, 2.45) is 11.8 Å². The highest BCUT2D eigenvalue weighted by Gasteiger charge is 2.38. The van der Waals surface area contributed by atoms with Gasteiger partial charge in [0.2, 0.25) is 17.7 Å². The van der Waals surface area contributed by atoms with Crippen molar-refractivity contribution in [2.75, 3.05) is 29.9 Å². The highest BCUT2D eigenvalue weighted by molar-refractivity contribution is 6.00. The third kappa shape index (κ3) is 4.85. The summed E-state index contributed by atoms with van der Waals surface area (Å²) in [5.41, 5.74) is 2.89. The molecule has 6 nitrogen and oxygen atoms in total. The number of nitrogens with zero attached hydrogens (tertiary/aromatic N) is 2. The van der Waals surface area contributed by atoms with Gasteiger partial charge >= 0.3 is 0 Å². The van der Waals surface area contributed by atoms with Gasteiger partial charge in [-0.2, -0.15) is 0 Å². The van der Waals surface area contributed by atoms with Crippen LogP contribution in [0, 0.1) is 11.8 Å². The SMILES string of the molecule is CC(C)c1ccc(NC(=O)C2CCN(C(=O)C3CC(=O)N(c4ccccc4)C3)CC2)cc1. The molecular formula is C26H31N3O3. The van der Waals surface area contributed by atoms with Gasteiger partial charge in [-0.25, -0.2) is 0 Å². The van der Waals surface area contributed by atoms with Gasteiger partial charge in [-0.1, -0.05) is 44.2 Å². The van der Waals surface area contributed by atoms with E-state index in [9.17, 15) is 14.4 Å². The molecule has 0 bridgehead atoms. The summed E-state index contributed by atoms with van der Waals surface area (Å²) >= 11 is 0. The Morgan fingerprint density at radius 3 is 2.22 bits per heavy atom. The lowest BCUT2D eigenvalue weighted by Gasteiger charge is -2.33. The number of benzene rings is 2. The predicted molar refractivity (Wildman–Crippen MR) is 125 cm³/mol. The van der Waals surface area contributed by atoms with Crippen molar-refractivity contribution in [3.05, 3.63) is 60.2 Å². The number of carbonyl (C=O) groups excluding carboxylic acids is 3. The van der Waals surface area contributed by atoms with Crippen LogP contribution in [0.4, 0.5) is 11.4 Å². The van der Waals surface area contributed by atoms with Crippen LogP contribution in [-0.2, 0) is 14.4 Å². The van der Waals surface area contributed by atoms with Gasteiger partial charge in [0, 0.05) is 43.3 Å². The van der Waals surface area contributed by atoms with Crippen LogP contribution in [0.3, 0.4) is 0 Å². The summed E-state index contributed by atoms with van der Waals surface area (Å²) in [7, 11) is 0. The summed E-state index contributed by atoms with van der Waals surface area (Å²) in [4.78, 5) is 41.7. The van der Waals surface area contributed by atoms with Crippen LogP contribution in [0.1, 0.15) is 44.6 Å². The summed E-state index contributed by atoms with van der Waals surface area (Å²) in [5, 5.41) is 3.01. The summed E-state index contributed by atoms with van der Waals surface area (Å²) in [6.07, 6.45) is 1.54. The van der Waals surface area contributed by atoms with Crippen LogP contribution in [0.15, 0.2) is 54.6 Å². The Kier molecular flexibility index (Phi) is 6.58. The van der Waals surface area contributed by atoms with Gasteiger partial charge in [-0.05, 0) is 48.6 Å². The predicted octanol–water partition coefficient (Wildman–Crippen LogP) is 4.04. The highest BCUT2D eigenvalue weighted by atomic mass is 16.2. The van der Waals surface area contributed by atoms with E-state index >= 15 is 0 Å². The molecule has 2 fully saturated rings. The zero-order chi connectivity index (χ0) is 22.7. The molecule has 0 radical (unpaired) electrons. The maximum Gasteiger partial charge on any atom is 0.228 e. The number of rotatable bonds is 5. The molecule has 4 rings (SSSR count). The summed E-state index contributed by atoms with van der Waals surface area (Å²) in [6.45, 7) is 5.82. The minimum absolute atomic E-state index is 0.00713. The maximum atomic E-state index is 13.0. The van der Waals surface area contributed by atoms with E-state index in [1.807, 2.05) is 59.5 Å². The van der Waals surface area contributed by atoms with Crippen LogP contribution in [-0.4, -0.2) is 42.3 Å². The second-order valence-corrected chi connectivity index (χ2v) is 9.11. The first-order chi connectivity index (χ1) is 15.4. The van der Waals surface area contributed by atoms with Crippen LogP contribution in [0.2, 0.25) is 0 Å². The zero-order valence-corrected chi connectivity index (χ0v) is 18.8. The van der Waals surface area contributed by atoms with E-state index in [4.69, 9.17) is 0 Å². The molecule has 2 aromatic rings. The lowest BCUT2D eigenvalue weighted by Crippen LogP contribution is -2.44. The molecule has 0 aliphatic carbocycles. The summed E-state index contributed by atoms with van der Waals surface area (Å²) in [5.74, 6) is 0.0758. The number of carbonyl (C=O) groups is 3. The number of piperidine rings is 1. The van der Waals surface area contributed by atoms with E-state index in [0.29, 0.717) is 38.4 Å². The van der Waals surface area contributed by atoms with Crippen molar-refractivity contribution in [1.29, 1.82) is 0 Å². The third-order valence-electron chi connectivity index (χ3n) is 6.56. The molecule has 0 aromatic heterocycles. The molecule has 168 valence electrons. The van der Waals surface area contributed by atoms with Crippen LogP contribution < -0.4 is 10.2 Å². The van der Waals surface area contributed by atoms with Crippen molar-refractivity contribution in [2.45, 2.75) is 39.0 Å². The van der Waals surface area contributed by atoms with Gasteiger partial charge < -0.3 is 15.1 Å². The molecule has 1 N–H and O–H groups in total. The molecule has 0 saturated carbocycles. The smallest absolute Gasteiger partial charge is 0.228 e. The number of para-hydroxylation sites is 1. The number of hydrogen-bond donors (Lipinski definition) is 1. The monoisotopic (exact) mass is 433 g/mol. The van der Waals surface area contributed by atoms with E-state index in [-0.39, 0.29) is 36.0 Å².